The zero-order valence-electron chi connectivity index (χ0n) is 18.3. The summed E-state index contributed by atoms with van der Waals surface area (Å²) < 4.78 is 11.4. The molecule has 0 fully saturated rings. The molecule has 4 rings (SSSR count). The van der Waals surface area contributed by atoms with E-state index >= 15 is 0 Å². The lowest BCUT2D eigenvalue weighted by atomic mass is 10.1. The van der Waals surface area contributed by atoms with Crippen LogP contribution in [-0.4, -0.2) is 26.9 Å². The average Bonchev–Trinajstić information content (AvgIpc) is 3.39. The molecule has 7 nitrogen and oxygen atoms in total. The summed E-state index contributed by atoms with van der Waals surface area (Å²) in [6.07, 6.45) is 1.89. The summed E-state index contributed by atoms with van der Waals surface area (Å²) in [6, 6.07) is 17.6. The molecular weight excluding hydrogens is 424 g/mol. The third-order valence-corrected chi connectivity index (χ3v) is 5.60. The first kappa shape index (κ1) is 22.0. The van der Waals surface area contributed by atoms with Crippen molar-refractivity contribution in [3.8, 4) is 0 Å². The van der Waals surface area contributed by atoms with Gasteiger partial charge >= 0.3 is 6.09 Å². The maximum atomic E-state index is 12.5. The Morgan fingerprint density at radius 1 is 1.12 bits per heavy atom. The van der Waals surface area contributed by atoms with Gasteiger partial charge in [0.15, 0.2) is 0 Å². The molecule has 32 heavy (non-hydrogen) atoms. The fourth-order valence-electron chi connectivity index (χ4n) is 3.31. The van der Waals surface area contributed by atoms with Crippen molar-refractivity contribution < 1.29 is 13.9 Å². The van der Waals surface area contributed by atoms with Gasteiger partial charge in [-0.1, -0.05) is 60.3 Å². The van der Waals surface area contributed by atoms with Gasteiger partial charge in [-0.3, -0.25) is 0 Å². The Labute approximate surface area is 191 Å². The molecule has 0 radical (unpaired) electrons. The van der Waals surface area contributed by atoms with Gasteiger partial charge in [0.2, 0.25) is 5.89 Å². The third-order valence-electron chi connectivity index (χ3n) is 4.72. The van der Waals surface area contributed by atoms with Crippen molar-refractivity contribution in [3.05, 3.63) is 77.8 Å². The summed E-state index contributed by atoms with van der Waals surface area (Å²) in [5.74, 6) is 1.06. The Morgan fingerprint density at radius 3 is 2.66 bits per heavy atom. The molecule has 1 amide bonds. The summed E-state index contributed by atoms with van der Waals surface area (Å²) in [4.78, 5) is 15.8. The number of aromatic nitrogens is 3. The lowest BCUT2D eigenvalue weighted by molar-refractivity contribution is 0.0494. The first-order valence-electron chi connectivity index (χ1n) is 10.4. The Kier molecular flexibility index (Phi) is 6.50. The number of hydrogen-bond acceptors (Lipinski definition) is 6. The van der Waals surface area contributed by atoms with Crippen molar-refractivity contribution in [2.45, 2.75) is 49.8 Å². The lowest BCUT2D eigenvalue weighted by Gasteiger charge is -2.22. The zero-order valence-corrected chi connectivity index (χ0v) is 19.1. The number of carbonyl (C=O) groups excluding carboxylic acids is 1. The number of ether oxygens (including phenoxy) is 1. The Balaban J connectivity index is 1.53. The standard InChI is InChI=1S/C24H26N4O3S/c1-24(2,3)31-22(29)26-20(13-17-14-25-19-12-8-7-11-18(17)19)21-27-28-23(30-21)32-15-16-9-5-4-6-10-16/h4-12,14,20,25H,13,15H2,1-3H3,(H,26,29). The highest BCUT2D eigenvalue weighted by Gasteiger charge is 2.26. The van der Waals surface area contributed by atoms with E-state index in [1.54, 1.807) is 0 Å². The lowest BCUT2D eigenvalue weighted by Crippen LogP contribution is -2.36. The number of nitrogens with zero attached hydrogens (tertiary/aromatic N) is 2. The highest BCUT2D eigenvalue weighted by molar-refractivity contribution is 7.98. The largest absolute Gasteiger partial charge is 0.444 e. The minimum Gasteiger partial charge on any atom is -0.444 e. The van der Waals surface area contributed by atoms with E-state index in [1.165, 1.54) is 17.3 Å². The number of nitrogens with one attached hydrogen (secondary N) is 2. The molecule has 0 saturated carbocycles. The SMILES string of the molecule is CC(C)(C)OC(=O)NC(Cc1c[nH]c2ccccc12)c1nnc(SCc2ccccc2)o1. The first-order valence-corrected chi connectivity index (χ1v) is 11.4. The molecule has 2 heterocycles. The number of alkyl carbamates (subject to hydrolysis) is 1. The zero-order chi connectivity index (χ0) is 22.6. The van der Waals surface area contributed by atoms with Crippen LogP contribution in [-0.2, 0) is 16.9 Å². The van der Waals surface area contributed by atoms with E-state index in [2.05, 4.69) is 20.5 Å². The van der Waals surface area contributed by atoms with Gasteiger partial charge in [0.1, 0.15) is 11.6 Å². The average molecular weight is 451 g/mol. The highest BCUT2D eigenvalue weighted by Crippen LogP contribution is 2.27. The molecule has 0 spiro atoms. The summed E-state index contributed by atoms with van der Waals surface area (Å²) >= 11 is 1.46. The van der Waals surface area contributed by atoms with Crippen LogP contribution in [0.15, 0.2) is 70.4 Å². The molecule has 8 heteroatoms. The summed E-state index contributed by atoms with van der Waals surface area (Å²) in [7, 11) is 0. The van der Waals surface area contributed by atoms with Crippen LogP contribution in [0.1, 0.15) is 43.8 Å². The fraction of sp³-hybridized carbons (Fsp3) is 0.292. The van der Waals surface area contributed by atoms with Gasteiger partial charge in [-0.05, 0) is 38.0 Å². The normalized spacial score (nSPS) is 12.6. The van der Waals surface area contributed by atoms with Crippen LogP contribution in [0.5, 0.6) is 0 Å². The molecule has 0 aliphatic rings. The van der Waals surface area contributed by atoms with Crippen LogP contribution < -0.4 is 5.32 Å². The predicted molar refractivity (Wildman–Crippen MR) is 124 cm³/mol. The third kappa shape index (κ3) is 5.70. The number of rotatable bonds is 7. The van der Waals surface area contributed by atoms with E-state index in [4.69, 9.17) is 9.15 Å². The molecule has 2 N–H and O–H groups in total. The number of hydrogen-bond donors (Lipinski definition) is 2. The molecule has 1 unspecified atom stereocenters. The van der Waals surface area contributed by atoms with Gasteiger partial charge in [-0.2, -0.15) is 0 Å². The van der Waals surface area contributed by atoms with Crippen molar-refractivity contribution in [1.29, 1.82) is 0 Å². The first-order chi connectivity index (χ1) is 15.4. The molecular formula is C24H26N4O3S. The Morgan fingerprint density at radius 2 is 1.88 bits per heavy atom. The Hall–Kier alpha value is -3.26. The number of thioether (sulfide) groups is 1. The second-order valence-electron chi connectivity index (χ2n) is 8.44. The molecule has 0 bridgehead atoms. The molecule has 166 valence electrons. The molecule has 2 aromatic heterocycles. The van der Waals surface area contributed by atoms with Gasteiger partial charge in [-0.15, -0.1) is 10.2 Å². The van der Waals surface area contributed by atoms with Crippen molar-refractivity contribution in [2.75, 3.05) is 0 Å². The molecule has 0 aliphatic heterocycles. The van der Waals surface area contributed by atoms with Crippen molar-refractivity contribution in [1.82, 2.24) is 20.5 Å². The number of aromatic amines is 1. The number of benzene rings is 2. The van der Waals surface area contributed by atoms with Crippen LogP contribution in [0.25, 0.3) is 10.9 Å². The summed E-state index contributed by atoms with van der Waals surface area (Å²) in [5.41, 5.74) is 2.63. The fourth-order valence-corrected chi connectivity index (χ4v) is 4.03. The predicted octanol–water partition coefficient (Wildman–Crippen LogP) is 5.65. The van der Waals surface area contributed by atoms with E-state index in [9.17, 15) is 4.79 Å². The molecule has 4 aromatic rings. The van der Waals surface area contributed by atoms with Gasteiger partial charge < -0.3 is 19.5 Å². The summed E-state index contributed by atoms with van der Waals surface area (Å²) in [5, 5.41) is 12.8. The van der Waals surface area contributed by atoms with E-state index in [1.807, 2.05) is 81.6 Å². The van der Waals surface area contributed by atoms with E-state index < -0.39 is 17.7 Å². The van der Waals surface area contributed by atoms with Gasteiger partial charge in [0.25, 0.3) is 5.22 Å². The van der Waals surface area contributed by atoms with Crippen LogP contribution >= 0.6 is 11.8 Å². The monoisotopic (exact) mass is 450 g/mol. The van der Waals surface area contributed by atoms with Gasteiger partial charge in [-0.25, -0.2) is 4.79 Å². The minimum absolute atomic E-state index is 0.344. The van der Waals surface area contributed by atoms with E-state index in [0.717, 1.165) is 22.2 Å². The second-order valence-corrected chi connectivity index (χ2v) is 9.37. The van der Waals surface area contributed by atoms with Crippen LogP contribution in [0.2, 0.25) is 0 Å². The molecule has 0 saturated heterocycles. The van der Waals surface area contributed by atoms with Crippen LogP contribution in [0.3, 0.4) is 0 Å². The minimum atomic E-state index is -0.610. The van der Waals surface area contributed by atoms with Crippen molar-refractivity contribution in [3.63, 3.8) is 0 Å². The number of para-hydroxylation sites is 1. The van der Waals surface area contributed by atoms with Crippen molar-refractivity contribution >= 4 is 28.8 Å². The molecule has 1 atom stereocenters. The van der Waals surface area contributed by atoms with Crippen LogP contribution in [0, 0.1) is 0 Å². The maximum Gasteiger partial charge on any atom is 0.408 e. The second kappa shape index (κ2) is 9.48. The number of amides is 1. The quantitative estimate of drug-likeness (QED) is 0.353. The highest BCUT2D eigenvalue weighted by atomic mass is 32.2. The smallest absolute Gasteiger partial charge is 0.408 e. The number of fused-ring (bicyclic) bond motifs is 1. The molecule has 0 aliphatic carbocycles. The summed E-state index contributed by atoms with van der Waals surface area (Å²) in [6.45, 7) is 5.48. The Bertz CT molecular complexity index is 1180. The number of H-pyrrole nitrogens is 1. The topological polar surface area (TPSA) is 93.0 Å². The van der Waals surface area contributed by atoms with Crippen molar-refractivity contribution in [2.24, 2.45) is 0 Å². The maximum absolute atomic E-state index is 12.5. The number of carbonyl (C=O) groups is 1. The van der Waals surface area contributed by atoms with Crippen LogP contribution in [0.4, 0.5) is 4.79 Å². The van der Waals surface area contributed by atoms with E-state index in [-0.39, 0.29) is 0 Å². The molecule has 2 aromatic carbocycles. The van der Waals surface area contributed by atoms with E-state index in [0.29, 0.717) is 17.5 Å². The van der Waals surface area contributed by atoms with Gasteiger partial charge in [0, 0.05) is 29.3 Å². The van der Waals surface area contributed by atoms with Gasteiger partial charge in [0.05, 0.1) is 0 Å².